The van der Waals surface area contributed by atoms with Gasteiger partial charge in [0.2, 0.25) is 5.91 Å². The molecule has 2 aliphatic rings. The van der Waals surface area contributed by atoms with Crippen LogP contribution in [-0.2, 0) is 14.8 Å². The first-order valence-corrected chi connectivity index (χ1v) is 13.2. The Kier molecular flexibility index (Phi) is 6.03. The monoisotopic (exact) mass is 481 g/mol. The zero-order valence-electron chi connectivity index (χ0n) is 18.7. The fraction of sp³-hybridized carbons (Fsp3) is 0.360. The predicted molar refractivity (Wildman–Crippen MR) is 132 cm³/mol. The number of sulfonamides is 1. The quantitative estimate of drug-likeness (QED) is 0.503. The Labute approximate surface area is 198 Å². The van der Waals surface area contributed by atoms with Gasteiger partial charge in [0.25, 0.3) is 10.0 Å². The molecule has 0 bridgehead atoms. The van der Waals surface area contributed by atoms with E-state index in [9.17, 15) is 18.0 Å². The van der Waals surface area contributed by atoms with Gasteiger partial charge in [0.15, 0.2) is 5.69 Å². The van der Waals surface area contributed by atoms with Crippen molar-refractivity contribution < 1.29 is 17.6 Å². The summed E-state index contributed by atoms with van der Waals surface area (Å²) in [6, 6.07) is 13.4. The minimum absolute atomic E-state index is 0.000860. The van der Waals surface area contributed by atoms with Crippen LogP contribution in [0.3, 0.4) is 0 Å². The van der Waals surface area contributed by atoms with E-state index in [2.05, 4.69) is 10.0 Å². The zero-order chi connectivity index (χ0) is 23.7. The van der Waals surface area contributed by atoms with Gasteiger partial charge in [0.05, 0.1) is 10.6 Å². The van der Waals surface area contributed by atoms with Crippen LogP contribution in [0.2, 0.25) is 0 Å². The number of para-hydroxylation sites is 1. The molecule has 8 nitrogen and oxygen atoms in total. The lowest BCUT2D eigenvalue weighted by Crippen LogP contribution is -2.26. The van der Waals surface area contributed by atoms with Gasteiger partial charge >= 0.3 is 5.63 Å². The van der Waals surface area contributed by atoms with Crippen molar-refractivity contribution in [3.05, 3.63) is 59.0 Å². The Bertz CT molecular complexity index is 1380. The number of amides is 1. The first-order chi connectivity index (χ1) is 16.4. The Morgan fingerprint density at radius 1 is 0.882 bits per heavy atom. The van der Waals surface area contributed by atoms with Crippen LogP contribution in [0.5, 0.6) is 0 Å². The molecule has 9 heteroatoms. The maximum Gasteiger partial charge on any atom is 0.363 e. The minimum Gasteiger partial charge on any atom is -0.421 e. The highest BCUT2D eigenvalue weighted by molar-refractivity contribution is 7.92. The van der Waals surface area contributed by atoms with Gasteiger partial charge in [-0.1, -0.05) is 31.4 Å². The van der Waals surface area contributed by atoms with E-state index in [0.717, 1.165) is 32.1 Å². The number of anilines is 3. The highest BCUT2D eigenvalue weighted by atomic mass is 32.2. The van der Waals surface area contributed by atoms with E-state index in [0.29, 0.717) is 35.3 Å². The zero-order valence-corrected chi connectivity index (χ0v) is 19.6. The van der Waals surface area contributed by atoms with Crippen molar-refractivity contribution in [1.82, 2.24) is 0 Å². The molecule has 1 aliphatic heterocycles. The number of hydrogen-bond donors (Lipinski definition) is 2. The second kappa shape index (κ2) is 9.13. The third-order valence-corrected chi connectivity index (χ3v) is 7.90. The van der Waals surface area contributed by atoms with Gasteiger partial charge in [-0.15, -0.1) is 0 Å². The van der Waals surface area contributed by atoms with E-state index in [1.165, 1.54) is 18.6 Å². The second-order valence-electron chi connectivity index (χ2n) is 8.86. The van der Waals surface area contributed by atoms with E-state index in [-0.39, 0.29) is 22.5 Å². The highest BCUT2D eigenvalue weighted by Crippen LogP contribution is 2.33. The molecular formula is C25H27N3O5S. The van der Waals surface area contributed by atoms with Crippen molar-refractivity contribution >= 4 is 44.0 Å². The fourth-order valence-corrected chi connectivity index (χ4v) is 5.83. The van der Waals surface area contributed by atoms with Crippen molar-refractivity contribution in [2.45, 2.75) is 55.9 Å². The Morgan fingerprint density at radius 3 is 2.32 bits per heavy atom. The topological polar surface area (TPSA) is 109 Å². The molecule has 1 amide bonds. The summed E-state index contributed by atoms with van der Waals surface area (Å²) < 4.78 is 34.4. The molecule has 0 atom stereocenters. The summed E-state index contributed by atoms with van der Waals surface area (Å²) in [5.74, 6) is 0.0286. The molecule has 0 spiro atoms. The number of fused-ring (bicyclic) bond motifs is 1. The van der Waals surface area contributed by atoms with Crippen LogP contribution in [0.25, 0.3) is 11.0 Å². The largest absolute Gasteiger partial charge is 0.421 e. The third-order valence-electron chi connectivity index (χ3n) is 6.54. The van der Waals surface area contributed by atoms with Crippen molar-refractivity contribution in [2.75, 3.05) is 21.5 Å². The second-order valence-corrected chi connectivity index (χ2v) is 10.5. The first-order valence-electron chi connectivity index (χ1n) is 11.7. The Hall–Kier alpha value is -3.33. The van der Waals surface area contributed by atoms with E-state index in [1.54, 1.807) is 29.2 Å². The molecule has 2 fully saturated rings. The van der Waals surface area contributed by atoms with E-state index < -0.39 is 15.6 Å². The van der Waals surface area contributed by atoms with Crippen LogP contribution < -0.4 is 20.6 Å². The van der Waals surface area contributed by atoms with Crippen LogP contribution in [0, 0.1) is 0 Å². The molecule has 1 saturated heterocycles. The van der Waals surface area contributed by atoms with E-state index in [4.69, 9.17) is 4.42 Å². The molecule has 2 aromatic carbocycles. The summed E-state index contributed by atoms with van der Waals surface area (Å²) in [6.07, 6.45) is 6.54. The molecule has 0 radical (unpaired) electrons. The predicted octanol–water partition coefficient (Wildman–Crippen LogP) is 4.47. The van der Waals surface area contributed by atoms with Crippen LogP contribution in [0.1, 0.15) is 44.9 Å². The van der Waals surface area contributed by atoms with Gasteiger partial charge in [-0.3, -0.25) is 9.52 Å². The van der Waals surface area contributed by atoms with Gasteiger partial charge in [-0.2, -0.15) is 0 Å². The molecule has 0 unspecified atom stereocenters. The number of benzene rings is 2. The van der Waals surface area contributed by atoms with Crippen LogP contribution in [-0.4, -0.2) is 26.9 Å². The van der Waals surface area contributed by atoms with Gasteiger partial charge in [-0.25, -0.2) is 13.2 Å². The summed E-state index contributed by atoms with van der Waals surface area (Å²) in [7, 11) is -4.08. The molecule has 3 aromatic rings. The Balaban J connectivity index is 1.49. The lowest BCUT2D eigenvalue weighted by atomic mass is 9.95. The highest BCUT2D eigenvalue weighted by Gasteiger charge is 2.25. The SMILES string of the molecule is O=C1CCCN1c1ccc(S(=O)(=O)Nc2c(NC3CCCCC3)c3ccccc3oc2=O)cc1. The molecule has 178 valence electrons. The van der Waals surface area contributed by atoms with E-state index in [1.807, 2.05) is 12.1 Å². The minimum atomic E-state index is -4.08. The summed E-state index contributed by atoms with van der Waals surface area (Å²) in [5.41, 5.74) is 0.629. The maximum atomic E-state index is 13.2. The van der Waals surface area contributed by atoms with Crippen molar-refractivity contribution in [3.8, 4) is 0 Å². The fourth-order valence-electron chi connectivity index (χ4n) is 4.76. The average molecular weight is 482 g/mol. The first kappa shape index (κ1) is 22.5. The van der Waals surface area contributed by atoms with Gasteiger partial charge < -0.3 is 14.6 Å². The van der Waals surface area contributed by atoms with E-state index >= 15 is 0 Å². The molecule has 1 aromatic heterocycles. The van der Waals surface area contributed by atoms with Crippen LogP contribution in [0.15, 0.2) is 62.6 Å². The van der Waals surface area contributed by atoms with Gasteiger partial charge in [0.1, 0.15) is 5.58 Å². The van der Waals surface area contributed by atoms with Crippen LogP contribution >= 0.6 is 0 Å². The molecule has 2 heterocycles. The van der Waals surface area contributed by atoms with Crippen molar-refractivity contribution in [1.29, 1.82) is 0 Å². The summed E-state index contributed by atoms with van der Waals surface area (Å²) in [5, 5.41) is 4.07. The number of nitrogens with one attached hydrogen (secondary N) is 2. The molecule has 1 aliphatic carbocycles. The van der Waals surface area contributed by atoms with Gasteiger partial charge in [0, 0.05) is 30.1 Å². The summed E-state index contributed by atoms with van der Waals surface area (Å²) in [4.78, 5) is 26.5. The normalized spacial score (nSPS) is 17.3. The number of hydrogen-bond acceptors (Lipinski definition) is 6. The van der Waals surface area contributed by atoms with Crippen molar-refractivity contribution in [3.63, 3.8) is 0 Å². The molecular weight excluding hydrogens is 454 g/mol. The number of rotatable bonds is 6. The molecule has 2 N–H and O–H groups in total. The van der Waals surface area contributed by atoms with Gasteiger partial charge in [-0.05, 0) is 55.7 Å². The maximum absolute atomic E-state index is 13.2. The van der Waals surface area contributed by atoms with Crippen molar-refractivity contribution in [2.24, 2.45) is 0 Å². The summed E-state index contributed by atoms with van der Waals surface area (Å²) >= 11 is 0. The number of carbonyl (C=O) groups excluding carboxylic acids is 1. The Morgan fingerprint density at radius 2 is 1.62 bits per heavy atom. The summed E-state index contributed by atoms with van der Waals surface area (Å²) in [6.45, 7) is 0.623. The third kappa shape index (κ3) is 4.40. The lowest BCUT2D eigenvalue weighted by Gasteiger charge is -2.25. The smallest absolute Gasteiger partial charge is 0.363 e. The number of nitrogens with zero attached hydrogens (tertiary/aromatic N) is 1. The number of carbonyl (C=O) groups is 1. The molecule has 1 saturated carbocycles. The molecule has 5 rings (SSSR count). The lowest BCUT2D eigenvalue weighted by molar-refractivity contribution is -0.117. The van der Waals surface area contributed by atoms with Crippen LogP contribution in [0.4, 0.5) is 17.1 Å². The standard InChI is InChI=1S/C25H27N3O5S/c29-22-11-6-16-28(22)18-12-14-19(15-13-18)34(31,32)27-24-23(26-17-7-2-1-3-8-17)20-9-4-5-10-21(20)33-25(24)30/h4-5,9-10,12-15,17,26-27H,1-3,6-8,11,16H2. The average Bonchev–Trinajstić information content (AvgIpc) is 3.28. The molecule has 34 heavy (non-hydrogen) atoms.